The Hall–Kier alpha value is -2.54. The minimum absolute atomic E-state index is 0.0289. The largest absolute Gasteiger partial charge is 0.469 e. The summed E-state index contributed by atoms with van der Waals surface area (Å²) < 4.78 is 5.09. The summed E-state index contributed by atoms with van der Waals surface area (Å²) in [5.74, 6) is 0.936. The Labute approximate surface area is 150 Å². The Morgan fingerprint density at radius 3 is 2.64 bits per heavy atom. The lowest BCUT2D eigenvalue weighted by molar-refractivity contribution is -0.130. The molecular formula is C17H19ClN4O3. The van der Waals surface area contributed by atoms with Crippen LogP contribution in [-0.4, -0.2) is 54.4 Å². The van der Waals surface area contributed by atoms with Crippen LogP contribution in [0.25, 0.3) is 0 Å². The molecule has 1 aliphatic rings. The van der Waals surface area contributed by atoms with E-state index < -0.39 is 0 Å². The van der Waals surface area contributed by atoms with Gasteiger partial charge in [-0.05, 0) is 25.1 Å². The average molecular weight is 363 g/mol. The van der Waals surface area contributed by atoms with Gasteiger partial charge in [-0.3, -0.25) is 9.59 Å². The molecule has 0 unspecified atom stereocenters. The molecule has 1 saturated heterocycles. The Morgan fingerprint density at radius 1 is 1.24 bits per heavy atom. The molecule has 3 rings (SSSR count). The highest BCUT2D eigenvalue weighted by Crippen LogP contribution is 2.16. The third kappa shape index (κ3) is 4.11. The van der Waals surface area contributed by atoms with E-state index >= 15 is 0 Å². The van der Waals surface area contributed by atoms with Crippen LogP contribution >= 0.6 is 11.6 Å². The summed E-state index contributed by atoms with van der Waals surface area (Å²) in [6.45, 7) is 4.18. The van der Waals surface area contributed by atoms with Gasteiger partial charge >= 0.3 is 0 Å². The smallest absolute Gasteiger partial charge is 0.255 e. The van der Waals surface area contributed by atoms with Crippen molar-refractivity contribution in [3.05, 3.63) is 47.0 Å². The van der Waals surface area contributed by atoms with Gasteiger partial charge in [0.05, 0.1) is 18.4 Å². The van der Waals surface area contributed by atoms with Crippen LogP contribution in [0.2, 0.25) is 5.15 Å². The first-order valence-electron chi connectivity index (χ1n) is 8.02. The van der Waals surface area contributed by atoms with Crippen LogP contribution in [0.15, 0.2) is 34.9 Å². The van der Waals surface area contributed by atoms with Crippen LogP contribution in [0.3, 0.4) is 0 Å². The number of furan rings is 1. The standard InChI is InChI=1S/C17H19ClN4O3/c1-12-13(5-10-25-12)17(24)19-11-16(23)22-8-6-21(7-9-22)15-4-2-3-14(18)20-15/h2-5,10H,6-9,11H2,1H3,(H,19,24). The summed E-state index contributed by atoms with van der Waals surface area (Å²) >= 11 is 5.92. The minimum atomic E-state index is -0.304. The number of pyridine rings is 1. The van der Waals surface area contributed by atoms with E-state index in [4.69, 9.17) is 16.0 Å². The maximum absolute atomic E-state index is 12.3. The molecule has 0 aliphatic carbocycles. The lowest BCUT2D eigenvalue weighted by Crippen LogP contribution is -2.51. The van der Waals surface area contributed by atoms with Gasteiger partial charge in [-0.2, -0.15) is 0 Å². The van der Waals surface area contributed by atoms with E-state index in [9.17, 15) is 9.59 Å². The number of aryl methyl sites for hydroxylation is 1. The number of halogens is 1. The van der Waals surface area contributed by atoms with Gasteiger partial charge in [0, 0.05) is 26.2 Å². The number of nitrogens with one attached hydrogen (secondary N) is 1. The number of hydrogen-bond donors (Lipinski definition) is 1. The third-order valence-electron chi connectivity index (χ3n) is 4.16. The van der Waals surface area contributed by atoms with Gasteiger partial charge in [0.15, 0.2) is 0 Å². The maximum Gasteiger partial charge on any atom is 0.255 e. The normalized spacial score (nSPS) is 14.5. The number of piperazine rings is 1. The lowest BCUT2D eigenvalue weighted by atomic mass is 10.2. The topological polar surface area (TPSA) is 78.7 Å². The molecule has 2 aromatic heterocycles. The summed E-state index contributed by atoms with van der Waals surface area (Å²) in [4.78, 5) is 32.4. The van der Waals surface area contributed by atoms with Gasteiger partial charge in [0.25, 0.3) is 5.91 Å². The fourth-order valence-electron chi connectivity index (χ4n) is 2.74. The second kappa shape index (κ2) is 7.57. The van der Waals surface area contributed by atoms with Crippen LogP contribution in [0, 0.1) is 6.92 Å². The van der Waals surface area contributed by atoms with Gasteiger partial charge in [-0.1, -0.05) is 17.7 Å². The molecular weight excluding hydrogens is 344 g/mol. The van der Waals surface area contributed by atoms with Crippen molar-refractivity contribution in [1.82, 2.24) is 15.2 Å². The minimum Gasteiger partial charge on any atom is -0.469 e. The van der Waals surface area contributed by atoms with Crippen molar-refractivity contribution >= 4 is 29.2 Å². The van der Waals surface area contributed by atoms with Crippen molar-refractivity contribution in [2.24, 2.45) is 0 Å². The number of aromatic nitrogens is 1. The van der Waals surface area contributed by atoms with Crippen molar-refractivity contribution in [1.29, 1.82) is 0 Å². The highest BCUT2D eigenvalue weighted by molar-refractivity contribution is 6.29. The highest BCUT2D eigenvalue weighted by atomic mass is 35.5. The summed E-state index contributed by atoms with van der Waals surface area (Å²) in [5.41, 5.74) is 0.449. The van der Waals surface area contributed by atoms with E-state index in [2.05, 4.69) is 15.2 Å². The monoisotopic (exact) mass is 362 g/mol. The summed E-state index contributed by atoms with van der Waals surface area (Å²) in [5, 5.41) is 3.09. The summed E-state index contributed by atoms with van der Waals surface area (Å²) in [6.07, 6.45) is 1.45. The Morgan fingerprint density at radius 2 is 2.00 bits per heavy atom. The predicted octanol–water partition coefficient (Wildman–Crippen LogP) is 1.72. The number of carbonyl (C=O) groups is 2. The van der Waals surface area contributed by atoms with Crippen molar-refractivity contribution in [3.63, 3.8) is 0 Å². The molecule has 0 aromatic carbocycles. The first-order chi connectivity index (χ1) is 12.0. The van der Waals surface area contributed by atoms with Crippen molar-refractivity contribution < 1.29 is 14.0 Å². The molecule has 3 heterocycles. The van der Waals surface area contributed by atoms with Crippen molar-refractivity contribution in [3.8, 4) is 0 Å². The van der Waals surface area contributed by atoms with Gasteiger partial charge in [0.2, 0.25) is 5.91 Å². The molecule has 1 fully saturated rings. The molecule has 0 bridgehead atoms. The molecule has 1 N–H and O–H groups in total. The Bertz CT molecular complexity index is 769. The first-order valence-corrected chi connectivity index (χ1v) is 8.40. The predicted molar refractivity (Wildman–Crippen MR) is 93.8 cm³/mol. The van der Waals surface area contributed by atoms with E-state index in [0.717, 1.165) is 5.82 Å². The van der Waals surface area contributed by atoms with Crippen LogP contribution in [0.4, 0.5) is 5.82 Å². The Balaban J connectivity index is 1.48. The van der Waals surface area contributed by atoms with Crippen LogP contribution in [-0.2, 0) is 4.79 Å². The number of hydrogen-bond acceptors (Lipinski definition) is 5. The molecule has 2 aromatic rings. The molecule has 0 saturated carbocycles. The summed E-state index contributed by atoms with van der Waals surface area (Å²) in [6, 6.07) is 7.08. The lowest BCUT2D eigenvalue weighted by Gasteiger charge is -2.35. The molecule has 7 nitrogen and oxygen atoms in total. The zero-order chi connectivity index (χ0) is 17.8. The van der Waals surface area contributed by atoms with Crippen LogP contribution < -0.4 is 10.2 Å². The number of amides is 2. The number of nitrogens with zero attached hydrogens (tertiary/aromatic N) is 3. The van der Waals surface area contributed by atoms with Gasteiger partial charge in [-0.15, -0.1) is 0 Å². The number of anilines is 1. The van der Waals surface area contributed by atoms with Crippen LogP contribution in [0.5, 0.6) is 0 Å². The summed E-state index contributed by atoms with van der Waals surface area (Å²) in [7, 11) is 0. The SMILES string of the molecule is Cc1occc1C(=O)NCC(=O)N1CCN(c2cccc(Cl)n2)CC1. The molecule has 2 amide bonds. The third-order valence-corrected chi connectivity index (χ3v) is 4.37. The van der Waals surface area contributed by atoms with E-state index in [0.29, 0.717) is 42.7 Å². The quantitative estimate of drug-likeness (QED) is 0.838. The van der Waals surface area contributed by atoms with Gasteiger partial charge in [0.1, 0.15) is 16.7 Å². The van der Waals surface area contributed by atoms with E-state index in [1.165, 1.54) is 6.26 Å². The second-order valence-corrected chi connectivity index (χ2v) is 6.15. The molecule has 0 spiro atoms. The molecule has 0 radical (unpaired) electrons. The van der Waals surface area contributed by atoms with Gasteiger partial charge in [-0.25, -0.2) is 4.98 Å². The molecule has 25 heavy (non-hydrogen) atoms. The van der Waals surface area contributed by atoms with Crippen LogP contribution in [0.1, 0.15) is 16.1 Å². The number of carbonyl (C=O) groups excluding carboxylic acids is 2. The fraction of sp³-hybridized carbons (Fsp3) is 0.353. The number of rotatable bonds is 4. The second-order valence-electron chi connectivity index (χ2n) is 5.76. The zero-order valence-electron chi connectivity index (χ0n) is 13.9. The molecule has 1 aliphatic heterocycles. The maximum atomic E-state index is 12.3. The van der Waals surface area contributed by atoms with E-state index in [1.807, 2.05) is 12.1 Å². The highest BCUT2D eigenvalue weighted by Gasteiger charge is 2.22. The van der Waals surface area contributed by atoms with E-state index in [-0.39, 0.29) is 18.4 Å². The molecule has 8 heteroatoms. The Kier molecular flexibility index (Phi) is 5.23. The molecule has 0 atom stereocenters. The zero-order valence-corrected chi connectivity index (χ0v) is 14.6. The first kappa shape index (κ1) is 17.3. The molecule has 132 valence electrons. The fourth-order valence-corrected chi connectivity index (χ4v) is 2.90. The van der Waals surface area contributed by atoms with Crippen molar-refractivity contribution in [2.45, 2.75) is 6.92 Å². The average Bonchev–Trinajstić information content (AvgIpc) is 3.05. The van der Waals surface area contributed by atoms with Gasteiger partial charge < -0.3 is 19.5 Å². The van der Waals surface area contributed by atoms with Crippen molar-refractivity contribution in [2.75, 3.05) is 37.6 Å². The van der Waals surface area contributed by atoms with E-state index in [1.54, 1.807) is 24.0 Å².